The van der Waals surface area contributed by atoms with E-state index in [-0.39, 0.29) is 10.8 Å². The molecule has 7 heteroatoms. The molecule has 1 N–H and O–H groups in total. The number of hydrogen-bond donors (Lipinski definition) is 1. The standard InChI is InChI=1S/C22H19BrN2O2S2/c1-14(28-12-11-27-17-9-7-16(23)8-10-17)20-24-21(26)19-18(13-29-22(19)25-20)15-5-3-2-4-6-15/h2-10,13-14H,11-12H2,1H3,(H,24,25,26). The molecule has 1 atom stereocenters. The first-order valence-corrected chi connectivity index (χ1v) is 11.9. The van der Waals surface area contributed by atoms with Crippen molar-refractivity contribution < 1.29 is 4.74 Å². The summed E-state index contributed by atoms with van der Waals surface area (Å²) in [5.41, 5.74) is 1.89. The van der Waals surface area contributed by atoms with E-state index in [1.54, 1.807) is 11.8 Å². The van der Waals surface area contributed by atoms with Crippen LogP contribution >= 0.6 is 39.0 Å². The molecule has 4 aromatic rings. The van der Waals surface area contributed by atoms with Crippen LogP contribution in [0.15, 0.2) is 69.2 Å². The third-order valence-corrected chi connectivity index (χ3v) is 6.99. The van der Waals surface area contributed by atoms with Gasteiger partial charge in [-0.25, -0.2) is 4.98 Å². The maximum absolute atomic E-state index is 12.8. The van der Waals surface area contributed by atoms with E-state index in [4.69, 9.17) is 9.72 Å². The number of rotatable bonds is 7. The van der Waals surface area contributed by atoms with Crippen LogP contribution in [0.3, 0.4) is 0 Å². The van der Waals surface area contributed by atoms with Crippen LogP contribution in [0.4, 0.5) is 0 Å². The quantitative estimate of drug-likeness (QED) is 0.312. The molecule has 4 nitrogen and oxygen atoms in total. The van der Waals surface area contributed by atoms with Crippen molar-refractivity contribution in [1.29, 1.82) is 0 Å². The highest BCUT2D eigenvalue weighted by Crippen LogP contribution is 2.32. The van der Waals surface area contributed by atoms with Gasteiger partial charge in [0.1, 0.15) is 16.4 Å². The molecule has 0 bridgehead atoms. The number of halogens is 1. The third kappa shape index (κ3) is 4.74. The summed E-state index contributed by atoms with van der Waals surface area (Å²) < 4.78 is 6.79. The number of aromatic nitrogens is 2. The minimum Gasteiger partial charge on any atom is -0.493 e. The van der Waals surface area contributed by atoms with Gasteiger partial charge in [0.25, 0.3) is 5.56 Å². The number of nitrogens with zero attached hydrogens (tertiary/aromatic N) is 1. The Kier molecular flexibility index (Phi) is 6.37. The topological polar surface area (TPSA) is 55.0 Å². The van der Waals surface area contributed by atoms with Gasteiger partial charge in [0.2, 0.25) is 0 Å². The Labute approximate surface area is 185 Å². The average molecular weight is 487 g/mol. The summed E-state index contributed by atoms with van der Waals surface area (Å²) in [6.45, 7) is 2.65. The van der Waals surface area contributed by atoms with Gasteiger partial charge in [-0.05, 0) is 36.8 Å². The van der Waals surface area contributed by atoms with E-state index in [0.717, 1.165) is 31.9 Å². The Hall–Kier alpha value is -2.09. The number of benzene rings is 2. The first-order valence-electron chi connectivity index (χ1n) is 9.18. The van der Waals surface area contributed by atoms with E-state index >= 15 is 0 Å². The highest BCUT2D eigenvalue weighted by Gasteiger charge is 2.16. The number of thiophene rings is 1. The fourth-order valence-corrected chi connectivity index (χ4v) is 5.00. The minimum atomic E-state index is -0.0799. The second-order valence-corrected chi connectivity index (χ2v) is 9.68. The molecule has 4 rings (SSSR count). The first kappa shape index (κ1) is 20.2. The molecule has 0 aliphatic rings. The molecule has 0 aliphatic carbocycles. The summed E-state index contributed by atoms with van der Waals surface area (Å²) in [5.74, 6) is 2.36. The Balaban J connectivity index is 1.43. The first-order chi connectivity index (χ1) is 14.1. The number of ether oxygens (including phenoxy) is 1. The van der Waals surface area contributed by atoms with Gasteiger partial charge in [-0.3, -0.25) is 4.79 Å². The zero-order chi connectivity index (χ0) is 20.2. The lowest BCUT2D eigenvalue weighted by Gasteiger charge is -2.11. The largest absolute Gasteiger partial charge is 0.493 e. The predicted molar refractivity (Wildman–Crippen MR) is 126 cm³/mol. The fraction of sp³-hybridized carbons (Fsp3) is 0.182. The van der Waals surface area contributed by atoms with Crippen molar-refractivity contribution in [3.8, 4) is 16.9 Å². The molecular weight excluding hydrogens is 468 g/mol. The van der Waals surface area contributed by atoms with E-state index in [9.17, 15) is 4.79 Å². The lowest BCUT2D eigenvalue weighted by atomic mass is 10.1. The van der Waals surface area contributed by atoms with E-state index < -0.39 is 0 Å². The SMILES string of the molecule is CC(SCCOc1ccc(Br)cc1)c1nc2scc(-c3ccccc3)c2c(=O)[nH]1. The molecule has 0 saturated carbocycles. The monoisotopic (exact) mass is 486 g/mol. The van der Waals surface area contributed by atoms with Crippen molar-refractivity contribution in [3.63, 3.8) is 0 Å². The molecule has 0 radical (unpaired) electrons. The van der Waals surface area contributed by atoms with Crippen LogP contribution < -0.4 is 10.3 Å². The molecule has 0 amide bonds. The summed E-state index contributed by atoms with van der Waals surface area (Å²) in [6.07, 6.45) is 0. The zero-order valence-corrected chi connectivity index (χ0v) is 18.9. The Morgan fingerprint density at radius 1 is 1.17 bits per heavy atom. The van der Waals surface area contributed by atoms with Crippen LogP contribution in [-0.4, -0.2) is 22.3 Å². The Morgan fingerprint density at radius 2 is 1.93 bits per heavy atom. The molecule has 0 spiro atoms. The second kappa shape index (κ2) is 9.15. The van der Waals surface area contributed by atoms with Gasteiger partial charge in [-0.1, -0.05) is 46.3 Å². The Morgan fingerprint density at radius 3 is 2.69 bits per heavy atom. The summed E-state index contributed by atoms with van der Waals surface area (Å²) in [4.78, 5) is 21.3. The summed E-state index contributed by atoms with van der Waals surface area (Å²) in [7, 11) is 0. The maximum atomic E-state index is 12.8. The van der Waals surface area contributed by atoms with Gasteiger partial charge in [0, 0.05) is 21.2 Å². The van der Waals surface area contributed by atoms with Gasteiger partial charge < -0.3 is 9.72 Å². The number of thioether (sulfide) groups is 1. The third-order valence-electron chi connectivity index (χ3n) is 4.47. The lowest BCUT2D eigenvalue weighted by Crippen LogP contribution is -2.13. The van der Waals surface area contributed by atoms with E-state index in [1.165, 1.54) is 11.3 Å². The number of fused-ring (bicyclic) bond motifs is 1. The van der Waals surface area contributed by atoms with Crippen molar-refractivity contribution in [2.75, 3.05) is 12.4 Å². The zero-order valence-electron chi connectivity index (χ0n) is 15.7. The van der Waals surface area contributed by atoms with E-state index in [2.05, 4.69) is 27.8 Å². The molecule has 0 fully saturated rings. The molecule has 0 saturated heterocycles. The van der Waals surface area contributed by atoms with Crippen LogP contribution in [0.1, 0.15) is 18.0 Å². The van der Waals surface area contributed by atoms with Gasteiger partial charge in [-0.2, -0.15) is 0 Å². The molecule has 2 heterocycles. The van der Waals surface area contributed by atoms with Crippen LogP contribution in [0.5, 0.6) is 5.75 Å². The van der Waals surface area contributed by atoms with Crippen molar-refractivity contribution in [2.45, 2.75) is 12.2 Å². The maximum Gasteiger partial charge on any atom is 0.260 e. The van der Waals surface area contributed by atoms with Gasteiger partial charge in [-0.15, -0.1) is 23.1 Å². The average Bonchev–Trinajstić information content (AvgIpc) is 3.18. The highest BCUT2D eigenvalue weighted by atomic mass is 79.9. The number of hydrogen-bond acceptors (Lipinski definition) is 5. The minimum absolute atomic E-state index is 0.0721. The van der Waals surface area contributed by atoms with Crippen LogP contribution in [-0.2, 0) is 0 Å². The number of aromatic amines is 1. The Bertz CT molecular complexity index is 1160. The molecule has 29 heavy (non-hydrogen) atoms. The van der Waals surface area contributed by atoms with Gasteiger partial charge in [0.15, 0.2) is 0 Å². The van der Waals surface area contributed by atoms with Crippen LogP contribution in [0.25, 0.3) is 21.3 Å². The smallest absolute Gasteiger partial charge is 0.260 e. The molecule has 0 aliphatic heterocycles. The summed E-state index contributed by atoms with van der Waals surface area (Å²) in [6, 6.07) is 17.7. The number of H-pyrrole nitrogens is 1. The fourth-order valence-electron chi connectivity index (χ4n) is 2.98. The lowest BCUT2D eigenvalue weighted by molar-refractivity contribution is 0.344. The summed E-state index contributed by atoms with van der Waals surface area (Å²) in [5, 5.41) is 2.75. The van der Waals surface area contributed by atoms with Crippen LogP contribution in [0.2, 0.25) is 0 Å². The molecule has 2 aromatic heterocycles. The van der Waals surface area contributed by atoms with Crippen molar-refractivity contribution in [3.05, 3.63) is 80.6 Å². The highest BCUT2D eigenvalue weighted by molar-refractivity contribution is 9.10. The molecule has 2 aromatic carbocycles. The normalized spacial score (nSPS) is 12.2. The van der Waals surface area contributed by atoms with E-state index in [1.807, 2.05) is 60.0 Å². The van der Waals surface area contributed by atoms with E-state index in [0.29, 0.717) is 17.8 Å². The van der Waals surface area contributed by atoms with Gasteiger partial charge in [0.05, 0.1) is 17.2 Å². The molecule has 148 valence electrons. The van der Waals surface area contributed by atoms with Gasteiger partial charge >= 0.3 is 0 Å². The molecule has 1 unspecified atom stereocenters. The van der Waals surface area contributed by atoms with Crippen molar-refractivity contribution >= 4 is 49.2 Å². The summed E-state index contributed by atoms with van der Waals surface area (Å²) >= 11 is 6.64. The van der Waals surface area contributed by atoms with Crippen molar-refractivity contribution in [2.24, 2.45) is 0 Å². The van der Waals surface area contributed by atoms with Crippen LogP contribution in [0, 0.1) is 0 Å². The second-order valence-electron chi connectivity index (χ2n) is 6.46. The number of nitrogens with one attached hydrogen (secondary N) is 1. The van der Waals surface area contributed by atoms with Crippen molar-refractivity contribution in [1.82, 2.24) is 9.97 Å². The predicted octanol–water partition coefficient (Wildman–Crippen LogP) is 6.29. The molecular formula is C22H19BrN2O2S2.